The van der Waals surface area contributed by atoms with E-state index in [-0.39, 0.29) is 56.6 Å². The van der Waals surface area contributed by atoms with Crippen molar-refractivity contribution >= 4 is 46.3 Å². The summed E-state index contributed by atoms with van der Waals surface area (Å²) in [5.41, 5.74) is 11.6. The van der Waals surface area contributed by atoms with Gasteiger partial charge in [0.2, 0.25) is 17.7 Å². The van der Waals surface area contributed by atoms with Crippen molar-refractivity contribution in [1.82, 2.24) is 35.7 Å². The molecule has 5 N–H and O–H groups in total. The van der Waals surface area contributed by atoms with E-state index in [9.17, 15) is 29.1 Å². The predicted octanol–water partition coefficient (Wildman–Crippen LogP) is 6.30. The van der Waals surface area contributed by atoms with Crippen LogP contribution in [0.5, 0.6) is 0 Å². The van der Waals surface area contributed by atoms with E-state index in [4.69, 9.17) is 14.2 Å². The molecular formula is C61H81N9O9S. The molecule has 8 rings (SSSR count). The highest BCUT2D eigenvalue weighted by molar-refractivity contribution is 7.13. The smallest absolute Gasteiger partial charge is 0.253 e. The number of aromatic amines is 1. The van der Waals surface area contributed by atoms with Crippen molar-refractivity contribution in [3.63, 3.8) is 0 Å². The maximum absolute atomic E-state index is 14.1. The minimum Gasteiger partial charge on any atom is -0.391 e. The minimum absolute atomic E-state index is 0.0135. The third-order valence-electron chi connectivity index (χ3n) is 15.6. The Hall–Kier alpha value is -6.48. The molecule has 19 heteroatoms. The third-order valence-corrected chi connectivity index (χ3v) is 16.6. The topological polar surface area (TPSA) is 211 Å². The molecular weight excluding hydrogens is 1030 g/mol. The zero-order chi connectivity index (χ0) is 57.1. The number of rotatable bonds is 22. The SMILES string of the molecule is CCN(c1cc(-c2ccc(N3CCN(CCOCCOCC(=O)N[C@H](C(=O)N4C[C@H](O)C[C@H]4C(=O)NCc4ccc(-c5scnc5C)cc4)C(C)(C)C)CC3)cc2)cc(C(=O)NCc2c(C)cc(C)[nH]c2=O)c1C)C1CCOCC1. The normalized spacial score (nSPS) is 17.6. The summed E-state index contributed by atoms with van der Waals surface area (Å²) in [6.45, 7) is 22.9. The summed E-state index contributed by atoms with van der Waals surface area (Å²) in [6.07, 6.45) is 1.06. The molecule has 18 nitrogen and oxygen atoms in total. The second-order valence-electron chi connectivity index (χ2n) is 22.4. The maximum atomic E-state index is 14.1. The van der Waals surface area contributed by atoms with Crippen LogP contribution < -0.4 is 31.3 Å². The molecule has 5 heterocycles. The number of H-pyrrole nitrogens is 1. The molecule has 3 aliphatic heterocycles. The summed E-state index contributed by atoms with van der Waals surface area (Å²) in [4.78, 5) is 84.5. The third kappa shape index (κ3) is 15.1. The number of hydrogen-bond donors (Lipinski definition) is 5. The number of pyridine rings is 1. The number of carbonyl (C=O) groups is 4. The Morgan fingerprint density at radius 1 is 0.875 bits per heavy atom. The van der Waals surface area contributed by atoms with E-state index in [2.05, 4.69) is 77.9 Å². The minimum atomic E-state index is -0.962. The van der Waals surface area contributed by atoms with Gasteiger partial charge >= 0.3 is 0 Å². The average molecular weight is 1120 g/mol. The molecule has 0 aliphatic carbocycles. The van der Waals surface area contributed by atoms with Gasteiger partial charge in [-0.05, 0) is 117 Å². The summed E-state index contributed by atoms with van der Waals surface area (Å²) in [6, 6.07) is 21.0. The Kier molecular flexibility index (Phi) is 20.4. The van der Waals surface area contributed by atoms with Crippen LogP contribution in [0.25, 0.3) is 21.6 Å². The molecule has 5 aromatic rings. The molecule has 430 valence electrons. The number of nitrogens with one attached hydrogen (secondary N) is 4. The number of aromatic nitrogens is 2. The number of aliphatic hydroxyl groups is 1. The van der Waals surface area contributed by atoms with Gasteiger partial charge in [0.15, 0.2) is 0 Å². The van der Waals surface area contributed by atoms with Crippen LogP contribution in [0.2, 0.25) is 0 Å². The van der Waals surface area contributed by atoms with E-state index in [0.29, 0.717) is 43.6 Å². The molecule has 0 unspecified atom stereocenters. The van der Waals surface area contributed by atoms with Crippen LogP contribution in [-0.4, -0.2) is 158 Å². The van der Waals surface area contributed by atoms with Crippen molar-refractivity contribution in [1.29, 1.82) is 0 Å². The van der Waals surface area contributed by atoms with Crippen molar-refractivity contribution in [3.05, 3.63) is 122 Å². The van der Waals surface area contributed by atoms with E-state index < -0.39 is 35.4 Å². The van der Waals surface area contributed by atoms with Gasteiger partial charge in [-0.2, -0.15) is 0 Å². The van der Waals surface area contributed by atoms with E-state index in [1.165, 1.54) is 4.90 Å². The highest BCUT2D eigenvalue weighted by atomic mass is 32.1. The first-order chi connectivity index (χ1) is 38.4. The Morgan fingerprint density at radius 2 is 1.57 bits per heavy atom. The fraction of sp³-hybridized carbons (Fsp3) is 0.508. The van der Waals surface area contributed by atoms with Gasteiger partial charge in [-0.3, -0.25) is 28.9 Å². The molecule has 3 aliphatic rings. The molecule has 3 atom stereocenters. The molecule has 0 saturated carbocycles. The van der Waals surface area contributed by atoms with Crippen LogP contribution in [0.15, 0.2) is 77.0 Å². The number of hydrogen-bond acceptors (Lipinski definition) is 14. The number of anilines is 2. The number of amides is 4. The summed E-state index contributed by atoms with van der Waals surface area (Å²) in [5.74, 6) is -1.49. The lowest BCUT2D eigenvalue weighted by Gasteiger charge is -2.37. The second-order valence-corrected chi connectivity index (χ2v) is 23.3. The van der Waals surface area contributed by atoms with Crippen LogP contribution >= 0.6 is 11.3 Å². The van der Waals surface area contributed by atoms with Crippen LogP contribution in [-0.2, 0) is 41.7 Å². The predicted molar refractivity (Wildman–Crippen MR) is 313 cm³/mol. The zero-order valence-electron chi connectivity index (χ0n) is 47.8. The van der Waals surface area contributed by atoms with E-state index in [1.54, 1.807) is 11.3 Å². The first-order valence-electron chi connectivity index (χ1n) is 28.1. The van der Waals surface area contributed by atoms with E-state index in [1.807, 2.05) is 90.4 Å². The Bertz CT molecular complexity index is 2980. The van der Waals surface area contributed by atoms with Gasteiger partial charge in [-0.25, -0.2) is 4.98 Å². The highest BCUT2D eigenvalue weighted by Gasteiger charge is 2.44. The van der Waals surface area contributed by atoms with Gasteiger partial charge < -0.3 is 55.0 Å². The van der Waals surface area contributed by atoms with Crippen molar-refractivity contribution in [2.24, 2.45) is 5.41 Å². The van der Waals surface area contributed by atoms with Crippen LogP contribution in [0.3, 0.4) is 0 Å². The van der Waals surface area contributed by atoms with Gasteiger partial charge in [0.05, 0.1) is 42.0 Å². The Balaban J connectivity index is 0.771. The molecule has 80 heavy (non-hydrogen) atoms. The number of aryl methyl sites for hydroxylation is 3. The molecule has 3 aromatic carbocycles. The van der Waals surface area contributed by atoms with Crippen molar-refractivity contribution in [3.8, 4) is 21.6 Å². The van der Waals surface area contributed by atoms with Gasteiger partial charge in [0.1, 0.15) is 18.7 Å². The molecule has 3 fully saturated rings. The highest BCUT2D eigenvalue weighted by Crippen LogP contribution is 2.35. The monoisotopic (exact) mass is 1120 g/mol. The lowest BCUT2D eigenvalue weighted by atomic mass is 9.85. The number of piperazine rings is 1. The number of nitrogens with zero attached hydrogens (tertiary/aromatic N) is 5. The number of benzene rings is 3. The average Bonchev–Trinajstić information content (AvgIpc) is 4.09. The van der Waals surface area contributed by atoms with Crippen LogP contribution in [0.4, 0.5) is 11.4 Å². The quantitative estimate of drug-likeness (QED) is 0.0483. The molecule has 2 aromatic heterocycles. The summed E-state index contributed by atoms with van der Waals surface area (Å²) < 4.78 is 17.3. The number of likely N-dealkylation sites (tertiary alicyclic amines) is 1. The molecule has 0 bridgehead atoms. The molecule has 0 radical (unpaired) electrons. The molecule has 0 spiro atoms. The first kappa shape index (κ1) is 59.6. The Morgan fingerprint density at radius 3 is 2.24 bits per heavy atom. The molecule has 4 amide bonds. The van der Waals surface area contributed by atoms with Crippen molar-refractivity contribution < 1.29 is 38.5 Å². The number of thiazole rings is 1. The standard InChI is InChI=1S/C61H81N9O9S/c1-9-69(48-18-25-77-26-19-48)52-32-46(31-50(41(52)4)57(73)63-35-51-39(2)30-40(3)65-58(51)74)44-14-16-47(17-15-44)68-22-20-67(21-23-68)24-27-78-28-29-79-37-54(72)66-56(61(6,7)8)60(76)70-36-49(71)33-53(70)59(75)62-34-43-10-12-45(13-11-43)55-42(5)64-38-80-55/h10-17,30-32,38,48-49,53,56,71H,9,18-29,33-37H2,1-8H3,(H,62,75)(H,63,73)(H,65,74)(H,66,72)/t49-,53+,56-/m1/s1. The van der Waals surface area contributed by atoms with Gasteiger partial charge in [0.25, 0.3) is 11.5 Å². The van der Waals surface area contributed by atoms with Crippen LogP contribution in [0.1, 0.15) is 91.0 Å². The Labute approximate surface area is 474 Å². The number of β-amino-alcohol motifs (C(OH)–C–C–N with tert-alkyl or cyclic N) is 1. The number of carbonyl (C=O) groups excluding carboxylic acids is 4. The fourth-order valence-electron chi connectivity index (χ4n) is 11.0. The van der Waals surface area contributed by atoms with E-state index >= 15 is 0 Å². The van der Waals surface area contributed by atoms with E-state index in [0.717, 1.165) is 113 Å². The number of ether oxygens (including phenoxy) is 3. The van der Waals surface area contributed by atoms with Crippen LogP contribution in [0, 0.1) is 33.1 Å². The zero-order valence-corrected chi connectivity index (χ0v) is 48.6. The molecule has 3 saturated heterocycles. The number of aliphatic hydroxyl groups excluding tert-OH is 1. The second kappa shape index (κ2) is 27.3. The van der Waals surface area contributed by atoms with Gasteiger partial charge in [-0.15, -0.1) is 11.3 Å². The fourth-order valence-corrected chi connectivity index (χ4v) is 11.9. The first-order valence-corrected chi connectivity index (χ1v) is 29.0. The summed E-state index contributed by atoms with van der Waals surface area (Å²) >= 11 is 1.57. The lowest BCUT2D eigenvalue weighted by molar-refractivity contribution is -0.144. The van der Waals surface area contributed by atoms with Crippen molar-refractivity contribution in [2.75, 3.05) is 95.3 Å². The van der Waals surface area contributed by atoms with Crippen molar-refractivity contribution in [2.45, 2.75) is 112 Å². The largest absolute Gasteiger partial charge is 0.391 e. The summed E-state index contributed by atoms with van der Waals surface area (Å²) in [5, 5.41) is 19.5. The maximum Gasteiger partial charge on any atom is 0.253 e. The van der Waals surface area contributed by atoms with Gasteiger partial charge in [0, 0.05) is 113 Å². The summed E-state index contributed by atoms with van der Waals surface area (Å²) in [7, 11) is 0. The lowest BCUT2D eigenvalue weighted by Crippen LogP contribution is -2.58. The van der Waals surface area contributed by atoms with Gasteiger partial charge in [-0.1, -0.05) is 57.2 Å².